The Hall–Kier alpha value is -4.13. The van der Waals surface area contributed by atoms with Crippen molar-refractivity contribution in [1.29, 1.82) is 0 Å². The van der Waals surface area contributed by atoms with Gasteiger partial charge in [-0.05, 0) is 47.5 Å². The molecule has 0 unspecified atom stereocenters. The third-order valence-corrected chi connectivity index (χ3v) is 5.00. The average molecular weight is 428 g/mol. The quantitative estimate of drug-likeness (QED) is 0.447. The maximum Gasteiger partial charge on any atom is 0.254 e. The van der Waals surface area contributed by atoms with E-state index >= 15 is 0 Å². The van der Waals surface area contributed by atoms with Crippen molar-refractivity contribution in [3.8, 4) is 22.9 Å². The van der Waals surface area contributed by atoms with E-state index in [1.54, 1.807) is 14.2 Å². The van der Waals surface area contributed by atoms with Crippen LogP contribution in [0.2, 0.25) is 0 Å². The fourth-order valence-electron chi connectivity index (χ4n) is 3.23. The number of rotatable bonds is 8. The Kier molecular flexibility index (Phi) is 6.46. The van der Waals surface area contributed by atoms with Gasteiger partial charge < -0.3 is 14.8 Å². The van der Waals surface area contributed by atoms with E-state index in [1.807, 2.05) is 78.9 Å². The minimum absolute atomic E-state index is 0.166. The van der Waals surface area contributed by atoms with Crippen LogP contribution in [0.15, 0.2) is 78.9 Å². The van der Waals surface area contributed by atoms with Crippen LogP contribution in [0.25, 0.3) is 11.4 Å². The molecule has 1 aromatic heterocycles. The normalized spacial score (nSPS) is 10.6. The van der Waals surface area contributed by atoms with Gasteiger partial charge >= 0.3 is 0 Å². The smallest absolute Gasteiger partial charge is 0.254 e. The van der Waals surface area contributed by atoms with Crippen molar-refractivity contribution in [3.63, 3.8) is 0 Å². The molecule has 1 N–H and O–H groups in total. The van der Waals surface area contributed by atoms with E-state index in [2.05, 4.69) is 15.4 Å². The largest absolute Gasteiger partial charge is 0.497 e. The van der Waals surface area contributed by atoms with E-state index in [-0.39, 0.29) is 12.3 Å². The van der Waals surface area contributed by atoms with Crippen LogP contribution in [-0.2, 0) is 13.0 Å². The molecule has 0 amide bonds. The van der Waals surface area contributed by atoms with Crippen molar-refractivity contribution in [2.24, 2.45) is 0 Å². The summed E-state index contributed by atoms with van der Waals surface area (Å²) in [6.07, 6.45) is 0.226. The number of methoxy groups -OCH3 is 2. The predicted molar refractivity (Wildman–Crippen MR) is 123 cm³/mol. The zero-order valence-electron chi connectivity index (χ0n) is 18.0. The zero-order valence-corrected chi connectivity index (χ0v) is 18.0. The lowest BCUT2D eigenvalue weighted by Gasteiger charge is -2.08. The molecule has 0 atom stereocenters. The molecular formula is C25H24N4O3. The molecule has 0 saturated carbocycles. The molecule has 0 saturated heterocycles. The van der Waals surface area contributed by atoms with Crippen LogP contribution in [0.5, 0.6) is 11.5 Å². The fraction of sp³-hybridized carbons (Fsp3) is 0.160. The lowest BCUT2D eigenvalue weighted by molar-refractivity contribution is 0.0901. The van der Waals surface area contributed by atoms with E-state index in [4.69, 9.17) is 9.47 Å². The predicted octanol–water partition coefficient (Wildman–Crippen LogP) is 4.46. The van der Waals surface area contributed by atoms with Crippen molar-refractivity contribution < 1.29 is 14.3 Å². The van der Waals surface area contributed by atoms with Gasteiger partial charge in [-0.15, -0.1) is 5.10 Å². The first-order chi connectivity index (χ1) is 15.7. The van der Waals surface area contributed by atoms with Gasteiger partial charge in [0, 0.05) is 12.1 Å². The Morgan fingerprint density at radius 2 is 1.47 bits per heavy atom. The molecule has 162 valence electrons. The molecule has 1 heterocycles. The summed E-state index contributed by atoms with van der Waals surface area (Å²) in [5, 5.41) is 7.75. The second-order valence-corrected chi connectivity index (χ2v) is 7.16. The Bertz CT molecular complexity index is 1170. The van der Waals surface area contributed by atoms with Crippen LogP contribution in [0.1, 0.15) is 15.9 Å². The summed E-state index contributed by atoms with van der Waals surface area (Å²) in [6.45, 7) is 0.489. The van der Waals surface area contributed by atoms with Crippen LogP contribution >= 0.6 is 0 Å². The number of nitrogens with zero attached hydrogens (tertiary/aromatic N) is 3. The summed E-state index contributed by atoms with van der Waals surface area (Å²) in [7, 11) is 3.25. The number of anilines is 1. The first-order valence-electron chi connectivity index (χ1n) is 10.2. The molecule has 0 aliphatic rings. The van der Waals surface area contributed by atoms with Gasteiger partial charge in [0.25, 0.3) is 5.91 Å². The van der Waals surface area contributed by atoms with Gasteiger partial charge in [0.2, 0.25) is 5.95 Å². The maximum absolute atomic E-state index is 13.1. The van der Waals surface area contributed by atoms with Crippen molar-refractivity contribution in [1.82, 2.24) is 14.8 Å². The molecule has 0 radical (unpaired) electrons. The minimum Gasteiger partial charge on any atom is -0.497 e. The monoisotopic (exact) mass is 428 g/mol. The van der Waals surface area contributed by atoms with E-state index in [0.29, 0.717) is 18.3 Å². The van der Waals surface area contributed by atoms with Gasteiger partial charge in [-0.3, -0.25) is 4.79 Å². The topological polar surface area (TPSA) is 78.3 Å². The van der Waals surface area contributed by atoms with Crippen LogP contribution < -0.4 is 14.8 Å². The average Bonchev–Trinajstić information content (AvgIpc) is 3.28. The zero-order chi connectivity index (χ0) is 22.3. The second-order valence-electron chi connectivity index (χ2n) is 7.16. The highest BCUT2D eigenvalue weighted by molar-refractivity contribution is 5.83. The molecule has 0 fully saturated rings. The highest BCUT2D eigenvalue weighted by Gasteiger charge is 2.18. The molecular weight excluding hydrogens is 404 g/mol. The standard InChI is InChI=1S/C25H24N4O3/c1-31-21-12-8-19(9-13-21)17-26-25-27-24(20-10-14-22(32-2)15-11-20)28-29(25)23(30)16-18-6-4-3-5-7-18/h3-15H,16-17H2,1-2H3,(H,26,27,28). The molecule has 4 aromatic rings. The van der Waals surface area contributed by atoms with E-state index in [0.717, 1.165) is 28.2 Å². The van der Waals surface area contributed by atoms with Crippen molar-refractivity contribution in [2.75, 3.05) is 19.5 Å². The van der Waals surface area contributed by atoms with Crippen LogP contribution in [-0.4, -0.2) is 34.9 Å². The van der Waals surface area contributed by atoms with Crippen LogP contribution in [0, 0.1) is 0 Å². The summed E-state index contributed by atoms with van der Waals surface area (Å²) < 4.78 is 11.8. The molecule has 7 heteroatoms. The molecule has 0 bridgehead atoms. The van der Waals surface area contributed by atoms with Crippen molar-refractivity contribution in [2.45, 2.75) is 13.0 Å². The van der Waals surface area contributed by atoms with Gasteiger partial charge in [0.15, 0.2) is 5.82 Å². The molecule has 7 nitrogen and oxygen atoms in total. The Morgan fingerprint density at radius 1 is 0.844 bits per heavy atom. The number of benzene rings is 3. The van der Waals surface area contributed by atoms with Crippen LogP contribution in [0.3, 0.4) is 0 Å². The minimum atomic E-state index is -0.166. The van der Waals surface area contributed by atoms with Crippen molar-refractivity contribution >= 4 is 11.9 Å². The van der Waals surface area contributed by atoms with E-state index < -0.39 is 0 Å². The Morgan fingerprint density at radius 3 is 2.09 bits per heavy atom. The molecule has 32 heavy (non-hydrogen) atoms. The lowest BCUT2D eigenvalue weighted by atomic mass is 10.1. The van der Waals surface area contributed by atoms with Gasteiger partial charge in [-0.25, -0.2) is 0 Å². The molecule has 0 spiro atoms. The number of carbonyl (C=O) groups excluding carboxylic acids is 1. The number of hydrogen-bond donors (Lipinski definition) is 1. The Balaban J connectivity index is 1.60. The second kappa shape index (κ2) is 9.78. The maximum atomic E-state index is 13.1. The number of nitrogens with one attached hydrogen (secondary N) is 1. The Labute approximate surface area is 186 Å². The lowest BCUT2D eigenvalue weighted by Crippen LogP contribution is -2.18. The number of aromatic nitrogens is 3. The summed E-state index contributed by atoms with van der Waals surface area (Å²) in [6, 6.07) is 24.7. The highest BCUT2D eigenvalue weighted by atomic mass is 16.5. The van der Waals surface area contributed by atoms with E-state index in [9.17, 15) is 4.79 Å². The van der Waals surface area contributed by atoms with Gasteiger partial charge in [-0.1, -0.05) is 42.5 Å². The molecule has 3 aromatic carbocycles. The fourth-order valence-corrected chi connectivity index (χ4v) is 3.23. The van der Waals surface area contributed by atoms with E-state index in [1.165, 1.54) is 4.68 Å². The van der Waals surface area contributed by atoms with Gasteiger partial charge in [0.05, 0.1) is 20.6 Å². The molecule has 0 aliphatic heterocycles. The summed E-state index contributed by atoms with van der Waals surface area (Å²) in [4.78, 5) is 17.7. The van der Waals surface area contributed by atoms with Crippen LogP contribution in [0.4, 0.5) is 5.95 Å². The number of hydrogen-bond acceptors (Lipinski definition) is 6. The van der Waals surface area contributed by atoms with Crippen molar-refractivity contribution in [3.05, 3.63) is 90.0 Å². The summed E-state index contributed by atoms with van der Waals surface area (Å²) >= 11 is 0. The first-order valence-corrected chi connectivity index (χ1v) is 10.2. The molecule has 4 rings (SSSR count). The summed E-state index contributed by atoms with van der Waals surface area (Å²) in [5.41, 5.74) is 2.74. The third kappa shape index (κ3) is 4.95. The summed E-state index contributed by atoms with van der Waals surface area (Å²) in [5.74, 6) is 2.22. The third-order valence-electron chi connectivity index (χ3n) is 5.00. The first kappa shape index (κ1) is 21.1. The highest BCUT2D eigenvalue weighted by Crippen LogP contribution is 2.22. The SMILES string of the molecule is COc1ccc(CNc2nc(-c3ccc(OC)cc3)nn2C(=O)Cc2ccccc2)cc1. The van der Waals surface area contributed by atoms with Gasteiger partial charge in [0.1, 0.15) is 11.5 Å². The number of ether oxygens (including phenoxy) is 2. The van der Waals surface area contributed by atoms with Gasteiger partial charge in [-0.2, -0.15) is 9.67 Å². The number of carbonyl (C=O) groups is 1. The molecule has 0 aliphatic carbocycles.